The van der Waals surface area contributed by atoms with Crippen molar-refractivity contribution >= 4 is 44.8 Å². The molecular weight excluding hydrogens is 441 g/mol. The van der Waals surface area contributed by atoms with Gasteiger partial charge in [0.2, 0.25) is 0 Å². The molecule has 0 radical (unpaired) electrons. The van der Waals surface area contributed by atoms with Gasteiger partial charge in [-0.25, -0.2) is 13.8 Å². The number of aryl methyl sites for hydroxylation is 1. The highest BCUT2D eigenvalue weighted by atomic mass is 127. The number of hydrogen-bond acceptors (Lipinski definition) is 2. The van der Waals surface area contributed by atoms with Gasteiger partial charge in [-0.3, -0.25) is 0 Å². The number of benzene rings is 2. The summed E-state index contributed by atoms with van der Waals surface area (Å²) in [7, 11) is 0. The van der Waals surface area contributed by atoms with Crippen LogP contribution in [0.4, 0.5) is 8.78 Å². The zero-order valence-electron chi connectivity index (χ0n) is 12.5. The molecule has 2 nitrogen and oxygen atoms in total. The molecule has 0 aliphatic carbocycles. The van der Waals surface area contributed by atoms with E-state index in [0.29, 0.717) is 5.69 Å². The zero-order valence-corrected chi connectivity index (χ0v) is 15.5. The highest BCUT2D eigenvalue weighted by molar-refractivity contribution is 14.1. The first-order valence-corrected chi connectivity index (χ1v) is 9.13. The first kappa shape index (κ1) is 15.7. The number of halogens is 3. The summed E-state index contributed by atoms with van der Waals surface area (Å²) in [5, 5.41) is 0.896. The molecule has 2 aromatic heterocycles. The first-order chi connectivity index (χ1) is 11.5. The van der Waals surface area contributed by atoms with Crippen molar-refractivity contribution in [2.24, 2.45) is 0 Å². The molecule has 4 aromatic rings. The van der Waals surface area contributed by atoms with Gasteiger partial charge in [0, 0.05) is 21.3 Å². The van der Waals surface area contributed by atoms with Gasteiger partial charge in [0.15, 0.2) is 3.01 Å². The van der Waals surface area contributed by atoms with Gasteiger partial charge in [-0.15, -0.1) is 11.3 Å². The number of rotatable bonds is 2. The lowest BCUT2D eigenvalue weighted by molar-refractivity contribution is 0.589. The average molecular weight is 452 g/mol. The maximum Gasteiger partial charge on any atom is 0.154 e. The molecule has 0 amide bonds. The fourth-order valence-corrected chi connectivity index (χ4v) is 4.68. The summed E-state index contributed by atoms with van der Waals surface area (Å²) in [6.07, 6.45) is 0. The van der Waals surface area contributed by atoms with Crippen LogP contribution < -0.4 is 0 Å². The monoisotopic (exact) mass is 452 g/mol. The highest BCUT2D eigenvalue weighted by Gasteiger charge is 2.14. The van der Waals surface area contributed by atoms with Crippen molar-refractivity contribution in [3.05, 3.63) is 62.0 Å². The van der Waals surface area contributed by atoms with E-state index in [-0.39, 0.29) is 5.56 Å². The van der Waals surface area contributed by atoms with Crippen molar-refractivity contribution in [1.82, 2.24) is 9.97 Å². The van der Waals surface area contributed by atoms with Gasteiger partial charge < -0.3 is 4.98 Å². The Balaban J connectivity index is 1.86. The summed E-state index contributed by atoms with van der Waals surface area (Å²) in [6, 6.07) is 11.5. The van der Waals surface area contributed by atoms with Crippen molar-refractivity contribution in [1.29, 1.82) is 0 Å². The third kappa shape index (κ3) is 2.63. The smallest absolute Gasteiger partial charge is 0.154 e. The van der Waals surface area contributed by atoms with Crippen molar-refractivity contribution in [3.8, 4) is 22.5 Å². The molecule has 1 N–H and O–H groups in total. The number of H-pyrrole nitrogens is 1. The molecule has 0 fully saturated rings. The number of aromatic amines is 1. The SMILES string of the molecule is Cc1sc(I)nc1-c1ccc2[nH]c(-c3c(F)cccc3F)cc2c1. The number of nitrogens with zero attached hydrogens (tertiary/aromatic N) is 1. The number of fused-ring (bicyclic) bond motifs is 1. The Bertz CT molecular complexity index is 1050. The van der Waals surface area contributed by atoms with Gasteiger partial charge in [0.1, 0.15) is 11.6 Å². The molecule has 0 aliphatic heterocycles. The van der Waals surface area contributed by atoms with Gasteiger partial charge in [-0.05, 0) is 59.8 Å². The fraction of sp³-hybridized carbons (Fsp3) is 0.0556. The summed E-state index contributed by atoms with van der Waals surface area (Å²) < 4.78 is 29.0. The van der Waals surface area contributed by atoms with E-state index >= 15 is 0 Å². The number of hydrogen-bond donors (Lipinski definition) is 1. The molecule has 0 atom stereocenters. The van der Waals surface area contributed by atoms with Crippen LogP contribution in [0.5, 0.6) is 0 Å². The average Bonchev–Trinajstić information content (AvgIpc) is 3.09. The van der Waals surface area contributed by atoms with Crippen LogP contribution in [0.3, 0.4) is 0 Å². The van der Waals surface area contributed by atoms with Crippen LogP contribution in [-0.4, -0.2) is 9.97 Å². The fourth-order valence-electron chi connectivity index (χ4n) is 2.80. The maximum atomic E-state index is 14.0. The van der Waals surface area contributed by atoms with Crippen LogP contribution in [0.15, 0.2) is 42.5 Å². The zero-order chi connectivity index (χ0) is 16.8. The minimum Gasteiger partial charge on any atom is -0.354 e. The highest BCUT2D eigenvalue weighted by Crippen LogP contribution is 2.33. The molecule has 0 saturated heterocycles. The van der Waals surface area contributed by atoms with Crippen LogP contribution in [0.2, 0.25) is 0 Å². The second-order valence-electron chi connectivity index (χ2n) is 5.45. The standard InChI is InChI=1S/C18H11F2IN2S/c1-9-17(23-18(21)24-9)10-5-6-14-11(7-10)8-15(22-14)16-12(19)3-2-4-13(16)20/h2-8,22H,1H3. The largest absolute Gasteiger partial charge is 0.354 e. The van der Waals surface area contributed by atoms with Crippen LogP contribution in [0.1, 0.15) is 4.88 Å². The molecule has 0 unspecified atom stereocenters. The third-order valence-electron chi connectivity index (χ3n) is 3.90. The van der Waals surface area contributed by atoms with Crippen LogP contribution in [0, 0.1) is 21.6 Å². The summed E-state index contributed by atoms with van der Waals surface area (Å²) in [5.41, 5.74) is 3.18. The Kier molecular flexibility index (Phi) is 3.88. The minimum atomic E-state index is -0.577. The Morgan fingerprint density at radius 2 is 1.83 bits per heavy atom. The van der Waals surface area contributed by atoms with Crippen LogP contribution in [0.25, 0.3) is 33.4 Å². The Morgan fingerprint density at radius 3 is 2.50 bits per heavy atom. The molecular formula is C18H11F2IN2S. The molecule has 2 heterocycles. The second kappa shape index (κ2) is 5.93. The molecule has 0 saturated carbocycles. The molecule has 4 rings (SSSR count). The van der Waals surface area contributed by atoms with E-state index in [9.17, 15) is 8.78 Å². The quantitative estimate of drug-likeness (QED) is 0.363. The number of thiazole rings is 1. The van der Waals surface area contributed by atoms with Crippen molar-refractivity contribution < 1.29 is 8.78 Å². The van der Waals surface area contributed by atoms with Crippen LogP contribution >= 0.6 is 33.9 Å². The van der Waals surface area contributed by atoms with E-state index in [1.807, 2.05) is 25.1 Å². The van der Waals surface area contributed by atoms with E-state index in [2.05, 4.69) is 32.6 Å². The summed E-state index contributed by atoms with van der Waals surface area (Å²) >= 11 is 3.85. The van der Waals surface area contributed by atoms with Gasteiger partial charge in [-0.2, -0.15) is 0 Å². The second-order valence-corrected chi connectivity index (χ2v) is 8.41. The van der Waals surface area contributed by atoms with E-state index in [1.165, 1.54) is 18.2 Å². The summed E-state index contributed by atoms with van der Waals surface area (Å²) in [6.45, 7) is 2.04. The number of aromatic nitrogens is 2. The van der Waals surface area contributed by atoms with E-state index in [1.54, 1.807) is 17.4 Å². The first-order valence-electron chi connectivity index (χ1n) is 7.23. The number of nitrogens with one attached hydrogen (secondary N) is 1. The molecule has 2 aromatic carbocycles. The third-order valence-corrected chi connectivity index (χ3v) is 5.56. The molecule has 24 heavy (non-hydrogen) atoms. The van der Waals surface area contributed by atoms with E-state index in [0.717, 1.165) is 30.1 Å². The van der Waals surface area contributed by atoms with Crippen molar-refractivity contribution in [2.45, 2.75) is 6.92 Å². The Hall–Kier alpha value is -1.80. The summed E-state index contributed by atoms with van der Waals surface area (Å²) in [4.78, 5) is 8.80. The topological polar surface area (TPSA) is 28.7 Å². The Labute approximate surface area is 154 Å². The van der Waals surface area contributed by atoms with Crippen molar-refractivity contribution in [2.75, 3.05) is 0 Å². The lowest BCUT2D eigenvalue weighted by Crippen LogP contribution is -1.89. The molecule has 0 bridgehead atoms. The van der Waals surface area contributed by atoms with Gasteiger partial charge in [-0.1, -0.05) is 12.1 Å². The van der Waals surface area contributed by atoms with Gasteiger partial charge in [0.05, 0.1) is 17.0 Å². The minimum absolute atomic E-state index is 0.0327. The molecule has 120 valence electrons. The lowest BCUT2D eigenvalue weighted by Gasteiger charge is -2.01. The Morgan fingerprint density at radius 1 is 1.08 bits per heavy atom. The maximum absolute atomic E-state index is 14.0. The lowest BCUT2D eigenvalue weighted by atomic mass is 10.1. The van der Waals surface area contributed by atoms with E-state index in [4.69, 9.17) is 0 Å². The predicted molar refractivity (Wildman–Crippen MR) is 102 cm³/mol. The van der Waals surface area contributed by atoms with E-state index < -0.39 is 11.6 Å². The molecule has 6 heteroatoms. The van der Waals surface area contributed by atoms with Crippen molar-refractivity contribution in [3.63, 3.8) is 0 Å². The molecule has 0 aliphatic rings. The normalized spacial score (nSPS) is 11.3. The summed E-state index contributed by atoms with van der Waals surface area (Å²) in [5.74, 6) is -1.15. The van der Waals surface area contributed by atoms with Gasteiger partial charge >= 0.3 is 0 Å². The molecule has 0 spiro atoms. The van der Waals surface area contributed by atoms with Gasteiger partial charge in [0.25, 0.3) is 0 Å². The van der Waals surface area contributed by atoms with Crippen LogP contribution in [-0.2, 0) is 0 Å². The predicted octanol–water partition coefficient (Wildman–Crippen LogP) is 6.15.